The van der Waals surface area contributed by atoms with Crippen LogP contribution in [0.5, 0.6) is 0 Å². The molecular formula is C22H19F4N3O6. The zero-order valence-corrected chi connectivity index (χ0v) is 18.1. The van der Waals surface area contributed by atoms with Gasteiger partial charge in [0.2, 0.25) is 5.43 Å². The molecule has 2 aromatic rings. The van der Waals surface area contributed by atoms with E-state index in [-0.39, 0.29) is 30.1 Å². The van der Waals surface area contributed by atoms with Crippen LogP contribution in [0.15, 0.2) is 41.2 Å². The number of halogens is 4. The third kappa shape index (κ3) is 6.05. The van der Waals surface area contributed by atoms with Gasteiger partial charge in [0.1, 0.15) is 11.8 Å². The Labute approximate surface area is 195 Å². The van der Waals surface area contributed by atoms with Crippen LogP contribution in [0, 0.1) is 11.6 Å². The van der Waals surface area contributed by atoms with Crippen molar-refractivity contribution in [3.05, 3.63) is 63.8 Å². The van der Waals surface area contributed by atoms with Gasteiger partial charge in [0.25, 0.3) is 5.91 Å². The molecule has 2 aromatic carbocycles. The predicted molar refractivity (Wildman–Crippen MR) is 115 cm³/mol. The Kier molecular flexibility index (Phi) is 7.89. The number of carbonyl (C=O) groups excluding carboxylic acids is 3. The molecule has 0 spiro atoms. The highest BCUT2D eigenvalue weighted by Crippen LogP contribution is 2.30. The second kappa shape index (κ2) is 10.8. The molecule has 1 atom stereocenters. The molecule has 1 aliphatic heterocycles. The van der Waals surface area contributed by atoms with E-state index in [2.05, 4.69) is 5.32 Å². The van der Waals surface area contributed by atoms with E-state index in [0.29, 0.717) is 0 Å². The van der Waals surface area contributed by atoms with Crippen molar-refractivity contribution in [1.29, 1.82) is 0 Å². The maximum absolute atomic E-state index is 14.8. The van der Waals surface area contributed by atoms with E-state index in [4.69, 9.17) is 9.47 Å². The van der Waals surface area contributed by atoms with Crippen molar-refractivity contribution in [2.24, 2.45) is 0 Å². The minimum Gasteiger partial charge on any atom is -0.462 e. The predicted octanol–water partition coefficient (Wildman–Crippen LogP) is 2.95. The number of anilines is 3. The van der Waals surface area contributed by atoms with Gasteiger partial charge in [-0.2, -0.15) is 8.78 Å². The maximum Gasteiger partial charge on any atom is 0.414 e. The number of amides is 2. The standard InChI is InChI=1S/C22H19F4N3O6/c1-2-34-21(32)11-3-5-16(17(30)6-4-11)28-18-14(23)7-12(8-15(18)24)29-10-13(35-22(29)33)9-27-20(31)19(25)26/h3-8,13,19H,2,9-10H2,1H3,(H,27,31)(H,28,30)/t13-/m0/s1. The number of nitrogens with zero attached hydrogens (tertiary/aromatic N) is 1. The summed E-state index contributed by atoms with van der Waals surface area (Å²) in [6.07, 6.45) is -5.26. The molecule has 1 aliphatic rings. The van der Waals surface area contributed by atoms with Crippen molar-refractivity contribution in [2.75, 3.05) is 29.9 Å². The number of alkyl halides is 2. The van der Waals surface area contributed by atoms with E-state index >= 15 is 0 Å². The first kappa shape index (κ1) is 25.5. The van der Waals surface area contributed by atoms with E-state index in [0.717, 1.165) is 29.2 Å². The van der Waals surface area contributed by atoms with Crippen LogP contribution >= 0.6 is 0 Å². The number of cyclic esters (lactones) is 1. The normalized spacial score (nSPS) is 15.1. The van der Waals surface area contributed by atoms with Crippen LogP contribution in [0.25, 0.3) is 0 Å². The summed E-state index contributed by atoms with van der Waals surface area (Å²) >= 11 is 0. The third-order valence-electron chi connectivity index (χ3n) is 4.79. The van der Waals surface area contributed by atoms with Gasteiger partial charge >= 0.3 is 18.5 Å². The molecule has 0 radical (unpaired) electrons. The van der Waals surface area contributed by atoms with Gasteiger partial charge in [-0.3, -0.25) is 14.5 Å². The highest BCUT2D eigenvalue weighted by molar-refractivity contribution is 5.91. The van der Waals surface area contributed by atoms with Crippen LogP contribution in [0.2, 0.25) is 0 Å². The molecule has 1 fully saturated rings. The molecule has 1 heterocycles. The minimum atomic E-state index is -3.25. The highest BCUT2D eigenvalue weighted by Gasteiger charge is 2.34. The fourth-order valence-electron chi connectivity index (χ4n) is 3.12. The number of esters is 1. The Morgan fingerprint density at radius 1 is 1.14 bits per heavy atom. The molecule has 2 N–H and O–H groups in total. The summed E-state index contributed by atoms with van der Waals surface area (Å²) in [6.45, 7) is 1.05. The second-order valence-corrected chi connectivity index (χ2v) is 7.19. The maximum atomic E-state index is 14.8. The Hall–Kier alpha value is -4.16. The summed E-state index contributed by atoms with van der Waals surface area (Å²) < 4.78 is 63.8. The Bertz CT molecular complexity index is 1190. The molecular weight excluding hydrogens is 478 g/mol. The topological polar surface area (TPSA) is 114 Å². The quantitative estimate of drug-likeness (QED) is 0.426. The lowest BCUT2D eigenvalue weighted by Gasteiger charge is -2.16. The smallest absolute Gasteiger partial charge is 0.414 e. The van der Waals surface area contributed by atoms with Gasteiger partial charge < -0.3 is 20.1 Å². The molecule has 0 aliphatic carbocycles. The summed E-state index contributed by atoms with van der Waals surface area (Å²) in [5, 5.41) is 4.23. The second-order valence-electron chi connectivity index (χ2n) is 7.19. The first-order chi connectivity index (χ1) is 16.6. The fourth-order valence-corrected chi connectivity index (χ4v) is 3.12. The number of rotatable bonds is 8. The van der Waals surface area contributed by atoms with Gasteiger partial charge in [-0.1, -0.05) is 0 Å². The van der Waals surface area contributed by atoms with Crippen LogP contribution in [0.1, 0.15) is 17.3 Å². The van der Waals surface area contributed by atoms with E-state index in [9.17, 15) is 36.7 Å². The monoisotopic (exact) mass is 497 g/mol. The van der Waals surface area contributed by atoms with Gasteiger partial charge in [-0.25, -0.2) is 18.4 Å². The van der Waals surface area contributed by atoms with Crippen molar-refractivity contribution in [2.45, 2.75) is 19.5 Å². The van der Waals surface area contributed by atoms with Crippen molar-refractivity contribution in [3.8, 4) is 0 Å². The van der Waals surface area contributed by atoms with E-state index in [1.807, 2.05) is 5.32 Å². The van der Waals surface area contributed by atoms with E-state index in [1.54, 1.807) is 6.92 Å². The average molecular weight is 497 g/mol. The van der Waals surface area contributed by atoms with Crippen LogP contribution in [0.4, 0.5) is 39.4 Å². The Morgan fingerprint density at radius 3 is 2.43 bits per heavy atom. The van der Waals surface area contributed by atoms with Gasteiger partial charge in [-0.15, -0.1) is 0 Å². The average Bonchev–Trinajstić information content (AvgIpc) is 3.07. The van der Waals surface area contributed by atoms with Crippen LogP contribution in [-0.4, -0.2) is 50.2 Å². The first-order valence-corrected chi connectivity index (χ1v) is 10.2. The number of hydrogen-bond donors (Lipinski definition) is 2. The van der Waals surface area contributed by atoms with Crippen molar-refractivity contribution in [1.82, 2.24) is 5.32 Å². The molecule has 0 saturated carbocycles. The molecule has 13 heteroatoms. The molecule has 0 bridgehead atoms. The molecule has 0 unspecified atom stereocenters. The van der Waals surface area contributed by atoms with Gasteiger partial charge in [-0.05, 0) is 31.2 Å². The van der Waals surface area contributed by atoms with Crippen LogP contribution in [0.3, 0.4) is 0 Å². The molecule has 3 rings (SSSR count). The lowest BCUT2D eigenvalue weighted by molar-refractivity contribution is -0.132. The summed E-state index contributed by atoms with van der Waals surface area (Å²) in [6, 6.07) is 6.28. The third-order valence-corrected chi connectivity index (χ3v) is 4.79. The van der Waals surface area contributed by atoms with Crippen molar-refractivity contribution < 1.29 is 41.4 Å². The molecule has 2 amide bonds. The lowest BCUT2D eigenvalue weighted by atomic mass is 10.2. The van der Waals surface area contributed by atoms with E-state index in [1.165, 1.54) is 12.1 Å². The Morgan fingerprint density at radius 2 is 1.80 bits per heavy atom. The first-order valence-electron chi connectivity index (χ1n) is 10.2. The largest absolute Gasteiger partial charge is 0.462 e. The van der Waals surface area contributed by atoms with Gasteiger partial charge in [0.15, 0.2) is 11.6 Å². The number of carbonyl (C=O) groups is 3. The fraction of sp³-hybridized carbons (Fsp3) is 0.273. The number of ether oxygens (including phenoxy) is 2. The number of hydrogen-bond acceptors (Lipinski definition) is 7. The van der Waals surface area contributed by atoms with Crippen molar-refractivity contribution >= 4 is 35.0 Å². The van der Waals surface area contributed by atoms with Crippen LogP contribution < -0.4 is 21.0 Å². The molecule has 35 heavy (non-hydrogen) atoms. The number of nitrogens with one attached hydrogen (secondary N) is 2. The summed E-state index contributed by atoms with van der Waals surface area (Å²) in [5.74, 6) is -4.54. The van der Waals surface area contributed by atoms with Crippen LogP contribution in [-0.2, 0) is 14.3 Å². The minimum absolute atomic E-state index is 0.0557. The van der Waals surface area contributed by atoms with Crippen molar-refractivity contribution in [3.63, 3.8) is 0 Å². The zero-order valence-electron chi connectivity index (χ0n) is 18.1. The molecule has 1 saturated heterocycles. The number of benzene rings is 1. The molecule has 9 nitrogen and oxygen atoms in total. The van der Waals surface area contributed by atoms with Gasteiger partial charge in [0.05, 0.1) is 36.6 Å². The molecule has 0 aromatic heterocycles. The summed E-state index contributed by atoms with van der Waals surface area (Å²) in [7, 11) is 0. The summed E-state index contributed by atoms with van der Waals surface area (Å²) in [5.41, 5.74) is -1.77. The van der Waals surface area contributed by atoms with E-state index < -0.39 is 59.8 Å². The highest BCUT2D eigenvalue weighted by atomic mass is 19.3. The lowest BCUT2D eigenvalue weighted by Crippen LogP contribution is -2.37. The summed E-state index contributed by atoms with van der Waals surface area (Å²) in [4.78, 5) is 48.0. The zero-order chi connectivity index (χ0) is 25.7. The Balaban J connectivity index is 1.78. The van der Waals surface area contributed by atoms with Gasteiger partial charge in [0, 0.05) is 12.1 Å². The SMILES string of the molecule is CCOC(=O)c1ccc(Nc2c(F)cc(N3C[C@H](CNC(=O)C(F)F)OC3=O)cc2F)c(=O)cc1. The molecule has 186 valence electrons.